The van der Waals surface area contributed by atoms with Gasteiger partial charge in [-0.05, 0) is 25.0 Å². The van der Waals surface area contributed by atoms with E-state index in [0.29, 0.717) is 29.4 Å². The molecule has 25 heavy (non-hydrogen) atoms. The van der Waals surface area contributed by atoms with Gasteiger partial charge in [-0.2, -0.15) is 0 Å². The zero-order valence-corrected chi connectivity index (χ0v) is 14.6. The van der Waals surface area contributed by atoms with Gasteiger partial charge >= 0.3 is 0 Å². The summed E-state index contributed by atoms with van der Waals surface area (Å²) in [5.41, 5.74) is 0.716. The SMILES string of the molecule is COc1c(/C=C/CC(C)(O)c2ccccc2)cc2c(c1OC)OCO2. The molecular weight excluding hydrogens is 320 g/mol. The molecule has 0 aliphatic carbocycles. The Morgan fingerprint density at radius 1 is 1.12 bits per heavy atom. The zero-order valence-electron chi connectivity index (χ0n) is 14.6. The minimum atomic E-state index is -0.953. The van der Waals surface area contributed by atoms with Gasteiger partial charge < -0.3 is 24.1 Å². The summed E-state index contributed by atoms with van der Waals surface area (Å²) in [6.07, 6.45) is 4.25. The summed E-state index contributed by atoms with van der Waals surface area (Å²) >= 11 is 0. The van der Waals surface area contributed by atoms with E-state index in [2.05, 4.69) is 0 Å². The summed E-state index contributed by atoms with van der Waals surface area (Å²) in [6.45, 7) is 1.95. The van der Waals surface area contributed by atoms with Gasteiger partial charge in [0.1, 0.15) is 0 Å². The Labute approximate surface area is 147 Å². The van der Waals surface area contributed by atoms with E-state index in [1.165, 1.54) is 0 Å². The highest BCUT2D eigenvalue weighted by molar-refractivity contribution is 5.71. The molecular formula is C20H22O5. The third-order valence-electron chi connectivity index (χ3n) is 4.22. The van der Waals surface area contributed by atoms with Crippen molar-refractivity contribution in [3.05, 3.63) is 53.6 Å². The first kappa shape index (κ1) is 17.2. The van der Waals surface area contributed by atoms with Crippen molar-refractivity contribution in [2.75, 3.05) is 21.0 Å². The highest BCUT2D eigenvalue weighted by Crippen LogP contribution is 2.49. The molecule has 0 aromatic heterocycles. The van der Waals surface area contributed by atoms with E-state index in [9.17, 15) is 5.11 Å². The quantitative estimate of drug-likeness (QED) is 0.866. The molecule has 1 heterocycles. The molecule has 1 aliphatic heterocycles. The van der Waals surface area contributed by atoms with E-state index in [1.54, 1.807) is 21.1 Å². The number of methoxy groups -OCH3 is 2. The average molecular weight is 342 g/mol. The van der Waals surface area contributed by atoms with Crippen LogP contribution < -0.4 is 18.9 Å². The van der Waals surface area contributed by atoms with E-state index in [-0.39, 0.29) is 6.79 Å². The van der Waals surface area contributed by atoms with Crippen molar-refractivity contribution >= 4 is 6.08 Å². The summed E-state index contributed by atoms with van der Waals surface area (Å²) in [6, 6.07) is 11.4. The third-order valence-corrected chi connectivity index (χ3v) is 4.22. The summed E-state index contributed by atoms with van der Waals surface area (Å²) < 4.78 is 21.8. The fourth-order valence-corrected chi connectivity index (χ4v) is 2.86. The predicted molar refractivity (Wildman–Crippen MR) is 95.3 cm³/mol. The maximum absolute atomic E-state index is 10.7. The van der Waals surface area contributed by atoms with E-state index in [4.69, 9.17) is 18.9 Å². The van der Waals surface area contributed by atoms with Crippen molar-refractivity contribution in [3.63, 3.8) is 0 Å². The van der Waals surface area contributed by atoms with E-state index < -0.39 is 5.60 Å². The van der Waals surface area contributed by atoms with Crippen LogP contribution in [0.5, 0.6) is 23.0 Å². The van der Waals surface area contributed by atoms with Crippen LogP contribution in [0.1, 0.15) is 24.5 Å². The second kappa shape index (κ2) is 7.07. The second-order valence-electron chi connectivity index (χ2n) is 6.01. The maximum Gasteiger partial charge on any atom is 0.231 e. The Morgan fingerprint density at radius 2 is 1.84 bits per heavy atom. The van der Waals surface area contributed by atoms with Crippen LogP contribution in [-0.4, -0.2) is 26.1 Å². The van der Waals surface area contributed by atoms with Crippen molar-refractivity contribution in [2.45, 2.75) is 18.9 Å². The molecule has 2 aromatic rings. The molecule has 0 saturated heterocycles. The van der Waals surface area contributed by atoms with Gasteiger partial charge in [0.15, 0.2) is 11.5 Å². The summed E-state index contributed by atoms with van der Waals surface area (Å²) in [5.74, 6) is 2.24. The van der Waals surface area contributed by atoms with Crippen molar-refractivity contribution in [3.8, 4) is 23.0 Å². The van der Waals surface area contributed by atoms with Crippen LogP contribution in [0.15, 0.2) is 42.5 Å². The Balaban J connectivity index is 1.86. The molecule has 5 heteroatoms. The predicted octanol–water partition coefficient (Wildman–Crippen LogP) is 3.74. The van der Waals surface area contributed by atoms with Crippen LogP contribution in [-0.2, 0) is 5.60 Å². The molecule has 1 aliphatic rings. The lowest BCUT2D eigenvalue weighted by Gasteiger charge is -2.22. The van der Waals surface area contributed by atoms with Crippen LogP contribution in [0.3, 0.4) is 0 Å². The molecule has 2 aromatic carbocycles. The zero-order chi connectivity index (χ0) is 17.9. The lowest BCUT2D eigenvalue weighted by molar-refractivity contribution is 0.0607. The number of aliphatic hydroxyl groups is 1. The molecule has 132 valence electrons. The number of hydrogen-bond donors (Lipinski definition) is 1. The molecule has 0 fully saturated rings. The Morgan fingerprint density at radius 3 is 2.52 bits per heavy atom. The highest BCUT2D eigenvalue weighted by Gasteiger charge is 2.26. The molecule has 0 amide bonds. The van der Waals surface area contributed by atoms with Gasteiger partial charge in [-0.3, -0.25) is 0 Å². The Hall–Kier alpha value is -2.66. The van der Waals surface area contributed by atoms with Gasteiger partial charge in [0.05, 0.1) is 19.8 Å². The second-order valence-corrected chi connectivity index (χ2v) is 6.01. The first-order valence-corrected chi connectivity index (χ1v) is 8.06. The van der Waals surface area contributed by atoms with Crippen molar-refractivity contribution in [2.24, 2.45) is 0 Å². The number of rotatable bonds is 6. The topological polar surface area (TPSA) is 57.2 Å². The molecule has 1 N–H and O–H groups in total. The summed E-state index contributed by atoms with van der Waals surface area (Å²) in [7, 11) is 3.14. The van der Waals surface area contributed by atoms with Gasteiger partial charge in [-0.25, -0.2) is 0 Å². The van der Waals surface area contributed by atoms with E-state index in [0.717, 1.165) is 11.1 Å². The van der Waals surface area contributed by atoms with Gasteiger partial charge in [-0.15, -0.1) is 0 Å². The fourth-order valence-electron chi connectivity index (χ4n) is 2.86. The molecule has 1 atom stereocenters. The minimum absolute atomic E-state index is 0.157. The first-order chi connectivity index (χ1) is 12.1. The van der Waals surface area contributed by atoms with Crippen LogP contribution in [0, 0.1) is 0 Å². The average Bonchev–Trinajstić information content (AvgIpc) is 3.09. The van der Waals surface area contributed by atoms with Gasteiger partial charge in [0.2, 0.25) is 18.3 Å². The summed E-state index contributed by atoms with van der Waals surface area (Å²) in [4.78, 5) is 0. The van der Waals surface area contributed by atoms with Gasteiger partial charge in [-0.1, -0.05) is 42.5 Å². The van der Waals surface area contributed by atoms with E-state index >= 15 is 0 Å². The molecule has 0 radical (unpaired) electrons. The number of benzene rings is 2. The Kier molecular flexibility index (Phi) is 4.86. The largest absolute Gasteiger partial charge is 0.492 e. The molecule has 0 spiro atoms. The van der Waals surface area contributed by atoms with Crippen molar-refractivity contribution in [1.82, 2.24) is 0 Å². The maximum atomic E-state index is 10.7. The van der Waals surface area contributed by atoms with Crippen LogP contribution in [0.4, 0.5) is 0 Å². The highest BCUT2D eigenvalue weighted by atomic mass is 16.7. The van der Waals surface area contributed by atoms with Gasteiger partial charge in [0.25, 0.3) is 0 Å². The fraction of sp³-hybridized carbons (Fsp3) is 0.300. The van der Waals surface area contributed by atoms with Crippen molar-refractivity contribution < 1.29 is 24.1 Å². The molecule has 5 nitrogen and oxygen atoms in total. The normalized spacial score (nSPS) is 15.2. The molecule has 0 saturated carbocycles. The van der Waals surface area contributed by atoms with Crippen LogP contribution in [0.2, 0.25) is 0 Å². The van der Waals surface area contributed by atoms with Crippen molar-refractivity contribution in [1.29, 1.82) is 0 Å². The van der Waals surface area contributed by atoms with E-state index in [1.807, 2.05) is 48.6 Å². The summed E-state index contributed by atoms with van der Waals surface area (Å²) in [5, 5.41) is 10.7. The van der Waals surface area contributed by atoms with Crippen LogP contribution >= 0.6 is 0 Å². The lowest BCUT2D eigenvalue weighted by atomic mass is 9.92. The number of fused-ring (bicyclic) bond motifs is 1. The molecule has 1 unspecified atom stereocenters. The van der Waals surface area contributed by atoms with Crippen LogP contribution in [0.25, 0.3) is 6.08 Å². The standard InChI is InChI=1S/C20H22O5/c1-20(21,15-9-5-4-6-10-15)11-7-8-14-12-16-18(25-13-24-16)19(23-3)17(14)22-2/h4-10,12,21H,11,13H2,1-3H3/b8-7+. The van der Waals surface area contributed by atoms with Gasteiger partial charge in [0, 0.05) is 5.56 Å². The monoisotopic (exact) mass is 342 g/mol. The molecule has 0 bridgehead atoms. The third kappa shape index (κ3) is 3.42. The first-order valence-electron chi connectivity index (χ1n) is 8.06. The minimum Gasteiger partial charge on any atom is -0.492 e. The molecule has 3 rings (SSSR count). The smallest absolute Gasteiger partial charge is 0.231 e. The Bertz CT molecular complexity index is 765. The number of hydrogen-bond acceptors (Lipinski definition) is 5. The number of ether oxygens (including phenoxy) is 4. The lowest BCUT2D eigenvalue weighted by Crippen LogP contribution is -2.19.